The number of nitrogens with zero attached hydrogens (tertiary/aromatic N) is 1. The van der Waals surface area contributed by atoms with E-state index in [4.69, 9.17) is 18.9 Å². The number of hydrogen-bond acceptors (Lipinski definition) is 6. The fourth-order valence-electron chi connectivity index (χ4n) is 5.36. The summed E-state index contributed by atoms with van der Waals surface area (Å²) in [5, 5.41) is 10.2. The Hall–Kier alpha value is -1.80. The molecule has 0 bridgehead atoms. The van der Waals surface area contributed by atoms with Crippen LogP contribution in [0.15, 0.2) is 60.7 Å². The number of aliphatic hydroxyl groups is 1. The zero-order valence-electron chi connectivity index (χ0n) is 18.8. The Morgan fingerprint density at radius 3 is 2.34 bits per heavy atom. The molecule has 2 aromatic rings. The molecule has 0 radical (unpaired) electrons. The molecular weight excluding hydrogens is 406 g/mol. The van der Waals surface area contributed by atoms with Crippen LogP contribution in [0.2, 0.25) is 0 Å². The van der Waals surface area contributed by atoms with Crippen molar-refractivity contribution in [3.05, 3.63) is 71.8 Å². The normalized spacial score (nSPS) is 34.1. The molecule has 0 saturated carbocycles. The second kappa shape index (κ2) is 9.21. The largest absolute Gasteiger partial charge is 0.396 e. The van der Waals surface area contributed by atoms with Crippen LogP contribution in [0.25, 0.3) is 0 Å². The highest BCUT2D eigenvalue weighted by atomic mass is 16.8. The monoisotopic (exact) mass is 439 g/mol. The van der Waals surface area contributed by atoms with Crippen LogP contribution in [-0.2, 0) is 32.1 Å². The van der Waals surface area contributed by atoms with Crippen LogP contribution in [0.5, 0.6) is 0 Å². The molecule has 0 amide bonds. The molecule has 6 heteroatoms. The SMILES string of the molecule is CC1(C)O[C@H]2O[C@H]([C@H]3[C@H](CO)CCN3Cc3ccccc3)[C@H](OCc3ccccc3)[C@H]2O1. The van der Waals surface area contributed by atoms with Gasteiger partial charge < -0.3 is 24.1 Å². The van der Waals surface area contributed by atoms with Gasteiger partial charge in [0.05, 0.1) is 6.61 Å². The van der Waals surface area contributed by atoms with Crippen LogP contribution in [0.4, 0.5) is 0 Å². The Balaban J connectivity index is 1.39. The molecule has 172 valence electrons. The first-order valence-electron chi connectivity index (χ1n) is 11.6. The maximum Gasteiger partial charge on any atom is 0.190 e. The third-order valence-electron chi connectivity index (χ3n) is 6.80. The van der Waals surface area contributed by atoms with Crippen LogP contribution in [0.3, 0.4) is 0 Å². The average molecular weight is 440 g/mol. The molecule has 0 spiro atoms. The van der Waals surface area contributed by atoms with E-state index in [1.165, 1.54) is 5.56 Å². The van der Waals surface area contributed by atoms with Crippen LogP contribution in [0.1, 0.15) is 31.4 Å². The Morgan fingerprint density at radius 1 is 0.969 bits per heavy atom. The molecule has 3 aliphatic rings. The topological polar surface area (TPSA) is 60.4 Å². The molecule has 6 nitrogen and oxygen atoms in total. The number of ether oxygens (including phenoxy) is 4. The summed E-state index contributed by atoms with van der Waals surface area (Å²) in [6.07, 6.45) is -0.348. The molecule has 6 atom stereocenters. The van der Waals surface area contributed by atoms with Gasteiger partial charge in [-0.05, 0) is 37.9 Å². The molecule has 3 heterocycles. The lowest BCUT2D eigenvalue weighted by Gasteiger charge is -2.36. The van der Waals surface area contributed by atoms with E-state index in [0.29, 0.717) is 6.61 Å². The molecule has 32 heavy (non-hydrogen) atoms. The Morgan fingerprint density at radius 2 is 1.66 bits per heavy atom. The highest BCUT2D eigenvalue weighted by Crippen LogP contribution is 2.43. The van der Waals surface area contributed by atoms with Crippen molar-refractivity contribution in [3.8, 4) is 0 Å². The molecule has 0 aliphatic carbocycles. The summed E-state index contributed by atoms with van der Waals surface area (Å²) in [4.78, 5) is 2.42. The highest BCUT2D eigenvalue weighted by Gasteiger charge is 2.59. The van der Waals surface area contributed by atoms with Crippen molar-refractivity contribution in [1.82, 2.24) is 4.90 Å². The molecule has 2 aromatic carbocycles. The van der Waals surface area contributed by atoms with Crippen LogP contribution < -0.4 is 0 Å². The van der Waals surface area contributed by atoms with Gasteiger partial charge in [-0.1, -0.05) is 60.7 Å². The van der Waals surface area contributed by atoms with Crippen molar-refractivity contribution in [1.29, 1.82) is 0 Å². The summed E-state index contributed by atoms with van der Waals surface area (Å²) in [6.45, 7) is 6.16. The van der Waals surface area contributed by atoms with E-state index >= 15 is 0 Å². The van der Waals surface area contributed by atoms with E-state index in [1.807, 2.05) is 38.1 Å². The molecule has 3 fully saturated rings. The zero-order valence-corrected chi connectivity index (χ0v) is 18.8. The van der Waals surface area contributed by atoms with Crippen molar-refractivity contribution < 1.29 is 24.1 Å². The number of rotatable bonds is 7. The summed E-state index contributed by atoms with van der Waals surface area (Å²) in [5.41, 5.74) is 2.36. The second-order valence-electron chi connectivity index (χ2n) is 9.51. The van der Waals surface area contributed by atoms with Crippen molar-refractivity contribution in [2.45, 2.75) is 69.9 Å². The fraction of sp³-hybridized carbons (Fsp3) is 0.538. The van der Waals surface area contributed by atoms with E-state index in [1.54, 1.807) is 0 Å². The van der Waals surface area contributed by atoms with E-state index < -0.39 is 12.1 Å². The van der Waals surface area contributed by atoms with Gasteiger partial charge in [-0.3, -0.25) is 4.90 Å². The molecule has 3 saturated heterocycles. The van der Waals surface area contributed by atoms with Gasteiger partial charge in [-0.2, -0.15) is 0 Å². The van der Waals surface area contributed by atoms with E-state index in [-0.39, 0.29) is 36.9 Å². The number of aliphatic hydroxyl groups excluding tert-OH is 1. The van der Waals surface area contributed by atoms with E-state index in [0.717, 1.165) is 25.1 Å². The van der Waals surface area contributed by atoms with Gasteiger partial charge in [-0.25, -0.2) is 0 Å². The van der Waals surface area contributed by atoms with Gasteiger partial charge in [0.25, 0.3) is 0 Å². The summed E-state index contributed by atoms with van der Waals surface area (Å²) < 4.78 is 25.2. The second-order valence-corrected chi connectivity index (χ2v) is 9.51. The van der Waals surface area contributed by atoms with Crippen molar-refractivity contribution in [2.24, 2.45) is 5.92 Å². The Labute approximate surface area is 190 Å². The average Bonchev–Trinajstić information content (AvgIpc) is 3.43. The first-order valence-corrected chi connectivity index (χ1v) is 11.6. The van der Waals surface area contributed by atoms with Crippen LogP contribution >= 0.6 is 0 Å². The number of fused-ring (bicyclic) bond motifs is 1. The maximum absolute atomic E-state index is 10.2. The third-order valence-corrected chi connectivity index (χ3v) is 6.80. The lowest BCUT2D eigenvalue weighted by Crippen LogP contribution is -2.50. The Kier molecular flexibility index (Phi) is 6.34. The van der Waals surface area contributed by atoms with Crippen molar-refractivity contribution in [3.63, 3.8) is 0 Å². The minimum Gasteiger partial charge on any atom is -0.396 e. The van der Waals surface area contributed by atoms with Crippen LogP contribution in [-0.4, -0.2) is 59.6 Å². The highest BCUT2D eigenvalue weighted by molar-refractivity contribution is 5.16. The molecule has 3 aliphatic heterocycles. The predicted octanol–water partition coefficient (Wildman–Crippen LogP) is 3.33. The zero-order chi connectivity index (χ0) is 22.1. The Bertz CT molecular complexity index is 876. The van der Waals surface area contributed by atoms with Gasteiger partial charge >= 0.3 is 0 Å². The van der Waals surface area contributed by atoms with Gasteiger partial charge in [0.15, 0.2) is 12.1 Å². The third kappa shape index (κ3) is 4.49. The van der Waals surface area contributed by atoms with Crippen molar-refractivity contribution >= 4 is 0 Å². The minimum absolute atomic E-state index is 0.0295. The lowest BCUT2D eigenvalue weighted by atomic mass is 9.92. The van der Waals surface area contributed by atoms with E-state index in [2.05, 4.69) is 41.3 Å². The summed E-state index contributed by atoms with van der Waals surface area (Å²) in [7, 11) is 0. The summed E-state index contributed by atoms with van der Waals surface area (Å²) in [5.74, 6) is -0.580. The molecule has 5 rings (SSSR count). The fourth-order valence-corrected chi connectivity index (χ4v) is 5.36. The minimum atomic E-state index is -0.704. The maximum atomic E-state index is 10.2. The number of benzene rings is 2. The summed E-state index contributed by atoms with van der Waals surface area (Å²) in [6, 6.07) is 20.6. The predicted molar refractivity (Wildman–Crippen MR) is 120 cm³/mol. The summed E-state index contributed by atoms with van der Waals surface area (Å²) >= 11 is 0. The first kappa shape index (κ1) is 22.0. The van der Waals surface area contributed by atoms with Gasteiger partial charge in [-0.15, -0.1) is 0 Å². The van der Waals surface area contributed by atoms with Gasteiger partial charge in [0, 0.05) is 25.1 Å². The lowest BCUT2D eigenvalue weighted by molar-refractivity contribution is -0.227. The molecule has 1 N–H and O–H groups in total. The quantitative estimate of drug-likeness (QED) is 0.714. The van der Waals surface area contributed by atoms with Crippen molar-refractivity contribution in [2.75, 3.05) is 13.2 Å². The van der Waals surface area contributed by atoms with Gasteiger partial charge in [0.1, 0.15) is 18.3 Å². The van der Waals surface area contributed by atoms with Crippen LogP contribution in [0, 0.1) is 5.92 Å². The number of likely N-dealkylation sites (tertiary alicyclic amines) is 1. The first-order chi connectivity index (χ1) is 15.5. The molecule has 0 unspecified atom stereocenters. The molecular formula is C26H33NO5. The van der Waals surface area contributed by atoms with E-state index in [9.17, 15) is 5.11 Å². The number of hydrogen-bond donors (Lipinski definition) is 1. The molecule has 0 aromatic heterocycles. The standard InChI is InChI=1S/C26H33NO5/c1-26(2)31-24-23(29-17-19-11-7-4-8-12-19)22(30-25(24)32-26)21-20(16-28)13-14-27(21)15-18-9-5-3-6-10-18/h3-12,20-25,28H,13-17H2,1-2H3/t20-,21+,22+,23-,24+,25+/m0/s1. The van der Waals surface area contributed by atoms with Gasteiger partial charge in [0.2, 0.25) is 0 Å². The smallest absolute Gasteiger partial charge is 0.190 e.